The summed E-state index contributed by atoms with van der Waals surface area (Å²) in [6.45, 7) is 10.8. The third-order valence-corrected chi connectivity index (χ3v) is 11.6. The van der Waals surface area contributed by atoms with E-state index in [4.69, 9.17) is 0 Å². The summed E-state index contributed by atoms with van der Waals surface area (Å²) in [5.41, 5.74) is -5.07. The molecule has 0 aromatic heterocycles. The van der Waals surface area contributed by atoms with Gasteiger partial charge in [-0.3, -0.25) is 4.79 Å². The van der Waals surface area contributed by atoms with E-state index in [-0.39, 0.29) is 41.3 Å². The maximum absolute atomic E-state index is 13.4. The first kappa shape index (κ1) is 27.5. The number of carbonyl (C=O) groups excluding carboxylic acids is 1. The molecule has 6 N–H and O–H groups in total. The third kappa shape index (κ3) is 3.95. The van der Waals surface area contributed by atoms with Gasteiger partial charge in [-0.25, -0.2) is 0 Å². The van der Waals surface area contributed by atoms with Crippen molar-refractivity contribution in [2.45, 2.75) is 128 Å². The molecule has 0 unspecified atom stereocenters. The number of fused-ring (bicyclic) bond motifs is 5. The Labute approximate surface area is 209 Å². The minimum Gasteiger partial charge on any atom is -0.393 e. The first-order chi connectivity index (χ1) is 15.9. The van der Waals surface area contributed by atoms with E-state index in [2.05, 4.69) is 6.92 Å². The normalized spacial score (nSPS) is 49.4. The van der Waals surface area contributed by atoms with Gasteiger partial charge in [0.1, 0.15) is 5.78 Å². The van der Waals surface area contributed by atoms with Crippen molar-refractivity contribution in [3.05, 3.63) is 0 Å². The van der Waals surface area contributed by atoms with Gasteiger partial charge in [-0.2, -0.15) is 0 Å². The van der Waals surface area contributed by atoms with Gasteiger partial charge in [0.05, 0.1) is 35.1 Å². The SMILES string of the molecule is C[C@H]1C[C@@]2(C)[C@@H](C[C@H]1O)C(=O)C[C@H]1[C@@H]2CC[C@]2(C)[C@@H]([C@@](C)(O)[C@H](O)C[C@H](O)C(C)(C)O)CC[C@@]12O. The minimum atomic E-state index is -1.58. The second kappa shape index (κ2) is 8.47. The second-order valence-corrected chi connectivity index (χ2v) is 14.0. The lowest BCUT2D eigenvalue weighted by Crippen LogP contribution is -2.66. The molecule has 12 atom stereocenters. The van der Waals surface area contributed by atoms with Crippen molar-refractivity contribution in [3.8, 4) is 0 Å². The fraction of sp³-hybridized carbons (Fsp3) is 0.964. The number of Topliss-reactive ketones (excluding diaryl/α,β-unsaturated/α-hetero) is 1. The first-order valence-electron chi connectivity index (χ1n) is 13.6. The molecule has 7 nitrogen and oxygen atoms in total. The van der Waals surface area contributed by atoms with Crippen LogP contribution in [-0.4, -0.2) is 71.5 Å². The minimum absolute atomic E-state index is 0.111. The van der Waals surface area contributed by atoms with Crippen LogP contribution in [0.1, 0.15) is 92.9 Å². The molecule has 0 aromatic carbocycles. The highest BCUT2D eigenvalue weighted by atomic mass is 16.4. The summed E-state index contributed by atoms with van der Waals surface area (Å²) in [5, 5.41) is 65.9. The van der Waals surface area contributed by atoms with Gasteiger partial charge in [-0.05, 0) is 88.4 Å². The third-order valence-electron chi connectivity index (χ3n) is 11.6. The van der Waals surface area contributed by atoms with Crippen molar-refractivity contribution >= 4 is 5.78 Å². The van der Waals surface area contributed by atoms with Gasteiger partial charge in [0.25, 0.3) is 0 Å². The fourth-order valence-corrected chi connectivity index (χ4v) is 9.25. The van der Waals surface area contributed by atoms with Crippen LogP contribution in [0.5, 0.6) is 0 Å². The van der Waals surface area contributed by atoms with Gasteiger partial charge < -0.3 is 30.6 Å². The molecule has 0 amide bonds. The van der Waals surface area contributed by atoms with Crippen LogP contribution >= 0.6 is 0 Å². The Morgan fingerprint density at radius 3 is 2.26 bits per heavy atom. The Morgan fingerprint density at radius 2 is 1.66 bits per heavy atom. The van der Waals surface area contributed by atoms with Crippen molar-refractivity contribution in [2.75, 3.05) is 0 Å². The van der Waals surface area contributed by atoms with E-state index in [1.807, 2.05) is 13.8 Å². The Bertz CT molecular complexity index is 836. The predicted molar refractivity (Wildman–Crippen MR) is 131 cm³/mol. The van der Waals surface area contributed by atoms with Gasteiger partial charge in [0.2, 0.25) is 0 Å². The van der Waals surface area contributed by atoms with Crippen LogP contribution in [0, 0.1) is 40.4 Å². The standard InChI is InChI=1S/C28H48O7/c1-15-14-25(4)16-7-9-26(5)21(27(6,34)23(32)13-22(31)24(2,3)33)8-10-28(26,35)17(16)11-20(30)18(25)12-19(15)29/h15-19,21-23,29,31-35H,7-14H2,1-6H3/t15-,16-,17-,18-,19+,21-,22-,23+,25+,26+,27+,28+/m0/s1. The van der Waals surface area contributed by atoms with E-state index < -0.39 is 46.4 Å². The molecule has 4 aliphatic carbocycles. The smallest absolute Gasteiger partial charge is 0.137 e. The molecule has 7 heteroatoms. The molecular formula is C28H48O7. The molecule has 0 bridgehead atoms. The average molecular weight is 497 g/mol. The molecule has 0 spiro atoms. The van der Waals surface area contributed by atoms with Crippen LogP contribution in [0.3, 0.4) is 0 Å². The largest absolute Gasteiger partial charge is 0.393 e. The number of hydrogen-bond donors (Lipinski definition) is 6. The van der Waals surface area contributed by atoms with Crippen LogP contribution in [-0.2, 0) is 4.79 Å². The van der Waals surface area contributed by atoms with Crippen LogP contribution < -0.4 is 0 Å². The molecule has 4 saturated carbocycles. The highest BCUT2D eigenvalue weighted by Crippen LogP contribution is 2.70. The van der Waals surface area contributed by atoms with Crippen molar-refractivity contribution in [1.82, 2.24) is 0 Å². The summed E-state index contributed by atoms with van der Waals surface area (Å²) in [6, 6.07) is 0. The number of rotatable bonds is 5. The van der Waals surface area contributed by atoms with Crippen molar-refractivity contribution in [3.63, 3.8) is 0 Å². The lowest BCUT2D eigenvalue weighted by atomic mass is 9.42. The zero-order valence-corrected chi connectivity index (χ0v) is 22.4. The zero-order valence-electron chi connectivity index (χ0n) is 22.4. The average Bonchev–Trinajstić information content (AvgIpc) is 3.01. The molecule has 4 rings (SSSR count). The predicted octanol–water partition coefficient (Wildman–Crippen LogP) is 2.18. The summed E-state index contributed by atoms with van der Waals surface area (Å²) in [7, 11) is 0. The molecule has 0 saturated heterocycles. The molecule has 4 fully saturated rings. The molecule has 0 heterocycles. The van der Waals surface area contributed by atoms with Crippen LogP contribution in [0.2, 0.25) is 0 Å². The number of aliphatic hydroxyl groups is 6. The van der Waals surface area contributed by atoms with Crippen molar-refractivity contribution < 1.29 is 35.4 Å². The number of carbonyl (C=O) groups is 1. The molecule has 202 valence electrons. The van der Waals surface area contributed by atoms with Crippen LogP contribution in [0.25, 0.3) is 0 Å². The Hall–Kier alpha value is -0.570. The van der Waals surface area contributed by atoms with Crippen LogP contribution in [0.4, 0.5) is 0 Å². The number of ketones is 1. The quantitative estimate of drug-likeness (QED) is 0.343. The highest BCUT2D eigenvalue weighted by molar-refractivity contribution is 5.83. The molecule has 0 aliphatic heterocycles. The highest BCUT2D eigenvalue weighted by Gasteiger charge is 2.71. The monoisotopic (exact) mass is 496 g/mol. The van der Waals surface area contributed by atoms with E-state index in [1.54, 1.807) is 6.92 Å². The maximum Gasteiger partial charge on any atom is 0.137 e. The van der Waals surface area contributed by atoms with Gasteiger partial charge in [-0.15, -0.1) is 0 Å². The topological polar surface area (TPSA) is 138 Å². The molecule has 0 aromatic rings. The summed E-state index contributed by atoms with van der Waals surface area (Å²) < 4.78 is 0. The lowest BCUT2D eigenvalue weighted by molar-refractivity contribution is -0.231. The molecule has 35 heavy (non-hydrogen) atoms. The molecular weight excluding hydrogens is 448 g/mol. The Kier molecular flexibility index (Phi) is 6.65. The van der Waals surface area contributed by atoms with Gasteiger partial charge >= 0.3 is 0 Å². The summed E-state index contributed by atoms with van der Waals surface area (Å²) in [6.07, 6.45) is 0.944. The van der Waals surface area contributed by atoms with Crippen molar-refractivity contribution in [1.29, 1.82) is 0 Å². The summed E-state index contributed by atoms with van der Waals surface area (Å²) in [5.74, 6) is -0.381. The summed E-state index contributed by atoms with van der Waals surface area (Å²) in [4.78, 5) is 13.4. The lowest BCUT2D eigenvalue weighted by Gasteiger charge is -2.64. The van der Waals surface area contributed by atoms with Gasteiger partial charge in [-0.1, -0.05) is 20.8 Å². The first-order valence-corrected chi connectivity index (χ1v) is 13.6. The Morgan fingerprint density at radius 1 is 1.03 bits per heavy atom. The van der Waals surface area contributed by atoms with Crippen LogP contribution in [0.15, 0.2) is 0 Å². The number of aliphatic hydroxyl groups excluding tert-OH is 3. The van der Waals surface area contributed by atoms with Gasteiger partial charge in [0.15, 0.2) is 0 Å². The zero-order chi connectivity index (χ0) is 26.4. The van der Waals surface area contributed by atoms with Crippen molar-refractivity contribution in [2.24, 2.45) is 40.4 Å². The van der Waals surface area contributed by atoms with E-state index in [1.165, 1.54) is 13.8 Å². The van der Waals surface area contributed by atoms with E-state index in [9.17, 15) is 35.4 Å². The number of hydrogen-bond acceptors (Lipinski definition) is 7. The van der Waals surface area contributed by atoms with E-state index in [0.29, 0.717) is 32.1 Å². The molecule has 0 radical (unpaired) electrons. The second-order valence-electron chi connectivity index (χ2n) is 14.0. The Balaban J connectivity index is 1.63. The maximum atomic E-state index is 13.4. The molecule has 4 aliphatic rings. The summed E-state index contributed by atoms with van der Waals surface area (Å²) >= 11 is 0. The van der Waals surface area contributed by atoms with E-state index in [0.717, 1.165) is 12.8 Å². The van der Waals surface area contributed by atoms with E-state index >= 15 is 0 Å². The fourth-order valence-electron chi connectivity index (χ4n) is 9.25. The van der Waals surface area contributed by atoms with Gasteiger partial charge in [0, 0.05) is 24.2 Å².